The lowest BCUT2D eigenvalue weighted by Gasteiger charge is -2.09. The van der Waals surface area contributed by atoms with Crippen LogP contribution in [0.4, 0.5) is 5.69 Å². The highest BCUT2D eigenvalue weighted by Gasteiger charge is 1.98. The van der Waals surface area contributed by atoms with Gasteiger partial charge in [-0.25, -0.2) is 4.21 Å². The quantitative estimate of drug-likeness (QED) is 0.546. The Kier molecular flexibility index (Phi) is 2.67. The third kappa shape index (κ3) is 2.21. The fourth-order valence-corrected chi connectivity index (χ4v) is 1.17. The van der Waals surface area contributed by atoms with Crippen LogP contribution in [0.3, 0.4) is 0 Å². The molecular weight excluding hydrogens is 178 g/mol. The fourth-order valence-electron chi connectivity index (χ4n) is 0.839. The first-order chi connectivity index (χ1) is 5.59. The van der Waals surface area contributed by atoms with E-state index in [0.717, 1.165) is 0 Å². The molecule has 0 amide bonds. The number of aryl methyl sites for hydroxylation is 1. The molecule has 0 aromatic heterocycles. The molecule has 0 spiro atoms. The van der Waals surface area contributed by atoms with Gasteiger partial charge in [0.2, 0.25) is 0 Å². The molecule has 0 fully saturated rings. The Labute approximate surface area is 72.8 Å². The largest absolute Gasteiger partial charge is 0.740 e. The summed E-state index contributed by atoms with van der Waals surface area (Å²) in [6.45, 7) is 1.72. The van der Waals surface area contributed by atoms with Crippen LogP contribution in [-0.2, 0) is 11.4 Å². The van der Waals surface area contributed by atoms with Crippen molar-refractivity contribution in [1.29, 1.82) is 0 Å². The van der Waals surface area contributed by atoms with E-state index in [9.17, 15) is 8.76 Å². The van der Waals surface area contributed by atoms with Crippen LogP contribution in [0.2, 0.25) is 0 Å². The molecule has 0 aliphatic rings. The first kappa shape index (κ1) is 9.02. The van der Waals surface area contributed by atoms with Crippen LogP contribution >= 0.6 is 0 Å². The smallest absolute Gasteiger partial charge is 0.142 e. The summed E-state index contributed by atoms with van der Waals surface area (Å²) >= 11 is -2.52. The summed E-state index contributed by atoms with van der Waals surface area (Å²) in [4.78, 5) is 0. The van der Waals surface area contributed by atoms with Gasteiger partial charge in [-0.1, -0.05) is 0 Å². The fraction of sp³-hybridized carbons (Fsp3) is 0.143. The summed E-state index contributed by atoms with van der Waals surface area (Å²) in [5.41, 5.74) is 6.72. The molecule has 1 aromatic rings. The third-order valence-electron chi connectivity index (χ3n) is 1.36. The Morgan fingerprint density at radius 2 is 2.25 bits per heavy atom. The molecule has 4 nitrogen and oxygen atoms in total. The zero-order chi connectivity index (χ0) is 9.14. The minimum atomic E-state index is -2.52. The third-order valence-corrected chi connectivity index (χ3v) is 1.67. The Hall–Kier alpha value is -1.07. The maximum Gasteiger partial charge on any atom is 0.142 e. The van der Waals surface area contributed by atoms with Crippen LogP contribution in [0.5, 0.6) is 5.75 Å². The van der Waals surface area contributed by atoms with Crippen molar-refractivity contribution in [3.8, 4) is 5.75 Å². The zero-order valence-corrected chi connectivity index (χ0v) is 7.26. The number of nitrogen functional groups attached to an aromatic ring is 1. The van der Waals surface area contributed by atoms with Gasteiger partial charge in [0.1, 0.15) is 17.1 Å². The molecule has 0 bridgehead atoms. The van der Waals surface area contributed by atoms with Gasteiger partial charge < -0.3 is 14.5 Å². The lowest BCUT2D eigenvalue weighted by atomic mass is 10.2. The van der Waals surface area contributed by atoms with E-state index in [-0.39, 0.29) is 0 Å². The van der Waals surface area contributed by atoms with Crippen LogP contribution in [0.25, 0.3) is 0 Å². The van der Waals surface area contributed by atoms with Gasteiger partial charge in [0.15, 0.2) is 0 Å². The van der Waals surface area contributed by atoms with Crippen LogP contribution in [0.15, 0.2) is 18.2 Å². The molecule has 2 N–H and O–H groups in total. The topological polar surface area (TPSA) is 75.4 Å². The predicted octanol–water partition coefficient (Wildman–Crippen LogP) is 0.750. The van der Waals surface area contributed by atoms with E-state index >= 15 is 0 Å². The van der Waals surface area contributed by atoms with Crippen molar-refractivity contribution in [2.75, 3.05) is 5.73 Å². The van der Waals surface area contributed by atoms with Gasteiger partial charge in [0, 0.05) is 5.69 Å². The second-order valence-corrected chi connectivity index (χ2v) is 2.89. The number of benzene rings is 1. The van der Waals surface area contributed by atoms with Gasteiger partial charge in [-0.15, -0.1) is 0 Å². The summed E-state index contributed by atoms with van der Waals surface area (Å²) < 4.78 is 24.8. The van der Waals surface area contributed by atoms with Crippen molar-refractivity contribution >= 4 is 17.0 Å². The van der Waals surface area contributed by atoms with Crippen molar-refractivity contribution in [1.82, 2.24) is 0 Å². The van der Waals surface area contributed by atoms with Crippen molar-refractivity contribution in [2.45, 2.75) is 6.92 Å². The molecular formula is C7H8NO3S-. The van der Waals surface area contributed by atoms with E-state index in [0.29, 0.717) is 17.0 Å². The molecule has 0 radical (unpaired) electrons. The number of hydrogen-bond donors (Lipinski definition) is 1. The van der Waals surface area contributed by atoms with E-state index in [4.69, 9.17) is 5.73 Å². The second kappa shape index (κ2) is 3.55. The Morgan fingerprint density at radius 3 is 2.75 bits per heavy atom. The van der Waals surface area contributed by atoms with Crippen LogP contribution in [-0.4, -0.2) is 8.76 Å². The van der Waals surface area contributed by atoms with Crippen LogP contribution in [0.1, 0.15) is 5.56 Å². The van der Waals surface area contributed by atoms with Crippen LogP contribution in [0, 0.1) is 6.92 Å². The highest BCUT2D eigenvalue weighted by Crippen LogP contribution is 2.20. The van der Waals surface area contributed by atoms with Crippen LogP contribution < -0.4 is 9.92 Å². The number of hydrogen-bond acceptors (Lipinski definition) is 4. The number of anilines is 1. The van der Waals surface area contributed by atoms with E-state index in [1.54, 1.807) is 19.1 Å². The minimum Gasteiger partial charge on any atom is -0.740 e. The molecule has 0 saturated carbocycles. The second-order valence-electron chi connectivity index (χ2n) is 2.31. The molecule has 0 aliphatic carbocycles. The molecule has 0 heterocycles. The van der Waals surface area contributed by atoms with Crippen molar-refractivity contribution in [2.24, 2.45) is 0 Å². The monoisotopic (exact) mass is 186 g/mol. The van der Waals surface area contributed by atoms with Gasteiger partial charge in [-0.2, -0.15) is 0 Å². The Morgan fingerprint density at radius 1 is 1.58 bits per heavy atom. The number of rotatable bonds is 2. The zero-order valence-electron chi connectivity index (χ0n) is 6.44. The minimum absolute atomic E-state index is 0.303. The van der Waals surface area contributed by atoms with Crippen molar-refractivity contribution < 1.29 is 12.9 Å². The summed E-state index contributed by atoms with van der Waals surface area (Å²) in [5, 5.41) is 0. The lowest BCUT2D eigenvalue weighted by molar-refractivity contribution is 0.439. The molecule has 66 valence electrons. The Bertz CT molecular complexity index is 314. The molecule has 1 rings (SSSR count). The van der Waals surface area contributed by atoms with Gasteiger partial charge in [-0.3, -0.25) is 0 Å². The van der Waals surface area contributed by atoms with Gasteiger partial charge in [0.25, 0.3) is 0 Å². The predicted molar refractivity (Wildman–Crippen MR) is 45.1 cm³/mol. The molecule has 0 saturated heterocycles. The summed E-state index contributed by atoms with van der Waals surface area (Å²) in [6.07, 6.45) is 0. The standard InChI is InChI=1S/C7H9NO3S/c1-5-4-6(8)2-3-7(5)11-12(9)10/h2-4H,8H2,1H3,(H,9,10)/p-1. The van der Waals surface area contributed by atoms with E-state index in [1.165, 1.54) is 6.07 Å². The maximum atomic E-state index is 10.2. The summed E-state index contributed by atoms with van der Waals surface area (Å²) in [5.74, 6) is 0.303. The molecule has 5 heteroatoms. The first-order valence-electron chi connectivity index (χ1n) is 3.23. The summed E-state index contributed by atoms with van der Waals surface area (Å²) in [7, 11) is 0. The molecule has 1 aromatic carbocycles. The normalized spacial score (nSPS) is 12.5. The molecule has 1 atom stereocenters. The molecule has 1 unspecified atom stereocenters. The van der Waals surface area contributed by atoms with Gasteiger partial charge in [-0.05, 0) is 30.7 Å². The highest BCUT2D eigenvalue weighted by atomic mass is 32.2. The van der Waals surface area contributed by atoms with Gasteiger partial charge in [0.05, 0.1) is 0 Å². The lowest BCUT2D eigenvalue weighted by Crippen LogP contribution is -1.99. The average molecular weight is 186 g/mol. The highest BCUT2D eigenvalue weighted by molar-refractivity contribution is 7.74. The summed E-state index contributed by atoms with van der Waals surface area (Å²) in [6, 6.07) is 4.73. The van der Waals surface area contributed by atoms with Gasteiger partial charge >= 0.3 is 0 Å². The van der Waals surface area contributed by atoms with E-state index in [2.05, 4.69) is 4.18 Å². The van der Waals surface area contributed by atoms with Crippen molar-refractivity contribution in [3.05, 3.63) is 23.8 Å². The maximum absolute atomic E-state index is 10.2. The van der Waals surface area contributed by atoms with E-state index in [1.807, 2.05) is 0 Å². The molecule has 12 heavy (non-hydrogen) atoms. The Balaban J connectivity index is 2.93. The first-order valence-corrected chi connectivity index (χ1v) is 4.23. The molecule has 0 aliphatic heterocycles. The van der Waals surface area contributed by atoms with Crippen molar-refractivity contribution in [3.63, 3.8) is 0 Å². The van der Waals surface area contributed by atoms with E-state index < -0.39 is 11.4 Å². The average Bonchev–Trinajstić information content (AvgIpc) is 1.94. The SMILES string of the molecule is Cc1cc(N)ccc1OS(=O)[O-]. The number of nitrogens with two attached hydrogens (primary N) is 1.